The van der Waals surface area contributed by atoms with Crippen LogP contribution in [0.4, 0.5) is 4.39 Å². The fraction of sp³-hybridized carbons (Fsp3) is 0.762. The number of hydrogen-bond acceptors (Lipinski definition) is 2. The zero-order valence-corrected chi connectivity index (χ0v) is 16.2. The minimum Gasteiger partial charge on any atom is -0.461 e. The second-order valence-electron chi connectivity index (χ2n) is 6.88. The molecule has 0 saturated carbocycles. The van der Waals surface area contributed by atoms with Crippen LogP contribution in [0.3, 0.4) is 0 Å². The summed E-state index contributed by atoms with van der Waals surface area (Å²) < 4.78 is 18.5. The molecule has 0 aliphatic heterocycles. The lowest BCUT2D eigenvalue weighted by molar-refractivity contribution is 0.0514. The Morgan fingerprint density at radius 1 is 0.920 bits per heavy atom. The Hall–Kier alpha value is -1.32. The Balaban J connectivity index is 2.01. The van der Waals surface area contributed by atoms with E-state index in [9.17, 15) is 9.18 Å². The van der Waals surface area contributed by atoms with Crippen LogP contribution >= 0.6 is 0 Å². The second kappa shape index (κ2) is 13.9. The molecule has 1 aromatic heterocycles. The smallest absolute Gasteiger partial charge is 0.357 e. The number of hydrogen-bond donors (Lipinski definition) is 1. The van der Waals surface area contributed by atoms with Gasteiger partial charge in [0, 0.05) is 5.69 Å². The Morgan fingerprint density at radius 3 is 1.96 bits per heavy atom. The van der Waals surface area contributed by atoms with Crippen LogP contribution in [0.5, 0.6) is 0 Å². The lowest BCUT2D eigenvalue weighted by Gasteiger charge is -2.03. The number of carbonyl (C=O) groups is 1. The largest absolute Gasteiger partial charge is 0.461 e. The van der Waals surface area contributed by atoms with Gasteiger partial charge < -0.3 is 9.72 Å². The summed E-state index contributed by atoms with van der Waals surface area (Å²) in [5.74, 6) is -1.12. The number of carbonyl (C=O) groups excluding carboxylic acids is 1. The highest BCUT2D eigenvalue weighted by Gasteiger charge is 2.16. The van der Waals surface area contributed by atoms with Gasteiger partial charge in [0.05, 0.1) is 6.61 Å². The standard InChI is InChI=1S/C21H36FNO2/c1-3-5-6-7-8-9-10-11-12-13-14-15-16-18-17-19(22)20(23-18)21(24)25-4-2/h17,23H,3-16H2,1-2H3. The number of unbranched alkanes of at least 4 members (excludes halogenated alkanes) is 11. The molecule has 0 saturated heterocycles. The molecule has 3 nitrogen and oxygen atoms in total. The van der Waals surface area contributed by atoms with Gasteiger partial charge in [-0.05, 0) is 25.8 Å². The number of aromatic nitrogens is 1. The summed E-state index contributed by atoms with van der Waals surface area (Å²) in [6.45, 7) is 4.23. The first kappa shape index (κ1) is 21.7. The van der Waals surface area contributed by atoms with Crippen molar-refractivity contribution >= 4 is 5.97 Å². The maximum atomic E-state index is 13.7. The molecular formula is C21H36FNO2. The molecule has 0 radical (unpaired) electrons. The average molecular weight is 354 g/mol. The molecule has 0 amide bonds. The molecule has 1 heterocycles. The summed E-state index contributed by atoms with van der Waals surface area (Å²) in [5, 5.41) is 0. The van der Waals surface area contributed by atoms with Gasteiger partial charge in [0.2, 0.25) is 0 Å². The zero-order valence-electron chi connectivity index (χ0n) is 16.2. The van der Waals surface area contributed by atoms with Crippen molar-refractivity contribution in [1.29, 1.82) is 0 Å². The highest BCUT2D eigenvalue weighted by Crippen LogP contribution is 2.15. The first-order valence-corrected chi connectivity index (χ1v) is 10.2. The first-order valence-electron chi connectivity index (χ1n) is 10.2. The summed E-state index contributed by atoms with van der Waals surface area (Å²) in [4.78, 5) is 14.4. The van der Waals surface area contributed by atoms with Crippen LogP contribution in [0.15, 0.2) is 6.07 Å². The number of aryl methyl sites for hydroxylation is 1. The summed E-state index contributed by atoms with van der Waals surface area (Å²) in [6, 6.07) is 1.42. The van der Waals surface area contributed by atoms with Crippen LogP contribution < -0.4 is 0 Å². The molecule has 0 aromatic carbocycles. The normalized spacial score (nSPS) is 11.0. The van der Waals surface area contributed by atoms with Crippen LogP contribution in [-0.4, -0.2) is 17.6 Å². The van der Waals surface area contributed by atoms with Crippen molar-refractivity contribution in [2.45, 2.75) is 97.3 Å². The lowest BCUT2D eigenvalue weighted by atomic mass is 10.0. The van der Waals surface area contributed by atoms with Crippen LogP contribution in [-0.2, 0) is 11.2 Å². The monoisotopic (exact) mass is 353 g/mol. The molecule has 1 rings (SSSR count). The average Bonchev–Trinajstić information content (AvgIpc) is 2.97. The van der Waals surface area contributed by atoms with Gasteiger partial charge in [-0.25, -0.2) is 9.18 Å². The summed E-state index contributed by atoms with van der Waals surface area (Å²) in [5.41, 5.74) is 0.739. The highest BCUT2D eigenvalue weighted by atomic mass is 19.1. The Labute approximate surface area is 152 Å². The third kappa shape index (κ3) is 9.66. The van der Waals surface area contributed by atoms with Crippen molar-refractivity contribution in [2.75, 3.05) is 6.61 Å². The van der Waals surface area contributed by atoms with E-state index in [2.05, 4.69) is 11.9 Å². The minimum absolute atomic E-state index is 0.0456. The molecule has 144 valence electrons. The van der Waals surface area contributed by atoms with Crippen LogP contribution in [0.25, 0.3) is 0 Å². The van der Waals surface area contributed by atoms with Crippen molar-refractivity contribution in [1.82, 2.24) is 4.98 Å². The molecule has 0 aliphatic rings. The fourth-order valence-corrected chi connectivity index (χ4v) is 3.12. The Bertz CT molecular complexity index is 470. The van der Waals surface area contributed by atoms with Gasteiger partial charge in [0.15, 0.2) is 11.5 Å². The van der Waals surface area contributed by atoms with Gasteiger partial charge in [-0.2, -0.15) is 0 Å². The number of aromatic amines is 1. The maximum Gasteiger partial charge on any atom is 0.357 e. The zero-order chi connectivity index (χ0) is 18.3. The van der Waals surface area contributed by atoms with Crippen LogP contribution in [0, 0.1) is 5.82 Å². The molecular weight excluding hydrogens is 317 g/mol. The van der Waals surface area contributed by atoms with Gasteiger partial charge in [-0.15, -0.1) is 0 Å². The molecule has 25 heavy (non-hydrogen) atoms. The molecule has 1 N–H and O–H groups in total. The number of esters is 1. The summed E-state index contributed by atoms with van der Waals surface area (Å²) in [6.07, 6.45) is 16.5. The van der Waals surface area contributed by atoms with Crippen molar-refractivity contribution in [3.8, 4) is 0 Å². The number of rotatable bonds is 15. The van der Waals surface area contributed by atoms with Crippen molar-refractivity contribution in [3.05, 3.63) is 23.3 Å². The minimum atomic E-state index is -0.610. The van der Waals surface area contributed by atoms with Crippen molar-refractivity contribution < 1.29 is 13.9 Å². The van der Waals surface area contributed by atoms with Gasteiger partial charge in [-0.1, -0.05) is 77.6 Å². The summed E-state index contributed by atoms with van der Waals surface area (Å²) >= 11 is 0. The predicted molar refractivity (Wildman–Crippen MR) is 101 cm³/mol. The predicted octanol–water partition coefficient (Wildman–Crippen LogP) is 6.57. The quantitative estimate of drug-likeness (QED) is 0.286. The number of ether oxygens (including phenoxy) is 1. The van der Waals surface area contributed by atoms with E-state index >= 15 is 0 Å². The lowest BCUT2D eigenvalue weighted by Crippen LogP contribution is -2.07. The van der Waals surface area contributed by atoms with E-state index < -0.39 is 11.8 Å². The number of halogens is 1. The third-order valence-electron chi connectivity index (χ3n) is 4.60. The molecule has 0 atom stereocenters. The molecule has 0 aliphatic carbocycles. The van der Waals surface area contributed by atoms with Crippen molar-refractivity contribution in [3.63, 3.8) is 0 Å². The van der Waals surface area contributed by atoms with Gasteiger partial charge in [0.1, 0.15) is 0 Å². The maximum absolute atomic E-state index is 13.7. The van der Waals surface area contributed by atoms with E-state index in [1.54, 1.807) is 6.92 Å². The summed E-state index contributed by atoms with van der Waals surface area (Å²) in [7, 11) is 0. The second-order valence-corrected chi connectivity index (χ2v) is 6.88. The molecule has 4 heteroatoms. The van der Waals surface area contributed by atoms with E-state index in [4.69, 9.17) is 4.74 Å². The van der Waals surface area contributed by atoms with Gasteiger partial charge in [-0.3, -0.25) is 0 Å². The van der Waals surface area contributed by atoms with E-state index in [0.717, 1.165) is 25.0 Å². The Kier molecular flexibility index (Phi) is 12.1. The molecule has 0 fully saturated rings. The van der Waals surface area contributed by atoms with E-state index in [1.807, 2.05) is 0 Å². The molecule has 0 bridgehead atoms. The van der Waals surface area contributed by atoms with Crippen LogP contribution in [0.1, 0.15) is 107 Å². The Morgan fingerprint density at radius 2 is 1.44 bits per heavy atom. The fourth-order valence-electron chi connectivity index (χ4n) is 3.12. The molecule has 1 aromatic rings. The topological polar surface area (TPSA) is 42.1 Å². The molecule has 0 unspecified atom stereocenters. The van der Waals surface area contributed by atoms with Gasteiger partial charge in [0.25, 0.3) is 0 Å². The number of nitrogens with one attached hydrogen (secondary N) is 1. The third-order valence-corrected chi connectivity index (χ3v) is 4.60. The van der Waals surface area contributed by atoms with Crippen molar-refractivity contribution in [2.24, 2.45) is 0 Å². The number of H-pyrrole nitrogens is 1. The van der Waals surface area contributed by atoms with Crippen LogP contribution in [0.2, 0.25) is 0 Å². The van der Waals surface area contributed by atoms with Gasteiger partial charge >= 0.3 is 5.97 Å². The van der Waals surface area contributed by atoms with E-state index in [0.29, 0.717) is 0 Å². The SMILES string of the molecule is CCCCCCCCCCCCCCc1cc(F)c(C(=O)OCC)[nH]1. The first-order chi connectivity index (χ1) is 12.2. The highest BCUT2D eigenvalue weighted by molar-refractivity contribution is 5.87. The van der Waals surface area contributed by atoms with E-state index in [1.165, 1.54) is 70.3 Å². The molecule has 0 spiro atoms. The van der Waals surface area contributed by atoms with E-state index in [-0.39, 0.29) is 12.3 Å².